The Hall–Kier alpha value is -3.32. The van der Waals surface area contributed by atoms with Gasteiger partial charge in [0, 0.05) is 22.8 Å². The first-order valence-corrected chi connectivity index (χ1v) is 8.73. The summed E-state index contributed by atoms with van der Waals surface area (Å²) in [6, 6.07) is 13.8. The lowest BCUT2D eigenvalue weighted by atomic mass is 10.2. The highest BCUT2D eigenvalue weighted by atomic mass is 32.1. The highest BCUT2D eigenvalue weighted by molar-refractivity contribution is 7.22. The average molecular weight is 361 g/mol. The van der Waals surface area contributed by atoms with Crippen molar-refractivity contribution in [1.82, 2.24) is 15.0 Å². The summed E-state index contributed by atoms with van der Waals surface area (Å²) in [6.45, 7) is 0. The highest BCUT2D eigenvalue weighted by Gasteiger charge is 2.10. The third kappa shape index (κ3) is 3.38. The van der Waals surface area contributed by atoms with E-state index in [2.05, 4.69) is 31.5 Å². The second-order valence-electron chi connectivity index (χ2n) is 5.43. The topological polar surface area (TPSA) is 72.3 Å². The van der Waals surface area contributed by atoms with Crippen molar-refractivity contribution in [2.75, 3.05) is 12.5 Å². The minimum atomic E-state index is 0.680. The van der Waals surface area contributed by atoms with E-state index in [1.54, 1.807) is 37.1 Å². The lowest BCUT2D eigenvalue weighted by molar-refractivity contribution is 0.415. The Labute approximate surface area is 154 Å². The van der Waals surface area contributed by atoms with Crippen LogP contribution in [0.5, 0.6) is 5.75 Å². The first kappa shape index (κ1) is 16.2. The Balaban J connectivity index is 1.62. The zero-order valence-corrected chi connectivity index (χ0v) is 14.8. The minimum absolute atomic E-state index is 0.680. The fourth-order valence-corrected chi connectivity index (χ4v) is 3.51. The summed E-state index contributed by atoms with van der Waals surface area (Å²) in [7, 11) is 1.66. The van der Waals surface area contributed by atoms with Gasteiger partial charge in [0.05, 0.1) is 23.5 Å². The molecule has 6 nitrogen and oxygen atoms in total. The van der Waals surface area contributed by atoms with Crippen molar-refractivity contribution < 1.29 is 4.74 Å². The number of hydrogen-bond donors (Lipinski definition) is 1. The molecule has 0 bridgehead atoms. The summed E-state index contributed by atoms with van der Waals surface area (Å²) in [5.74, 6) is 1.52. The van der Waals surface area contributed by atoms with Crippen molar-refractivity contribution in [3.05, 3.63) is 66.7 Å². The molecular formula is C19H15N5OS. The lowest BCUT2D eigenvalue weighted by Gasteiger charge is -2.01. The summed E-state index contributed by atoms with van der Waals surface area (Å²) >= 11 is 1.62. The van der Waals surface area contributed by atoms with Crippen LogP contribution in [0, 0.1) is 0 Å². The molecule has 0 aliphatic rings. The zero-order valence-electron chi connectivity index (χ0n) is 14.0. The summed E-state index contributed by atoms with van der Waals surface area (Å²) in [5, 5.41) is 4.25. The van der Waals surface area contributed by atoms with Crippen molar-refractivity contribution >= 4 is 33.6 Å². The van der Waals surface area contributed by atoms with E-state index in [-0.39, 0.29) is 0 Å². The van der Waals surface area contributed by atoms with E-state index >= 15 is 0 Å². The van der Waals surface area contributed by atoms with Crippen molar-refractivity contribution in [3.63, 3.8) is 0 Å². The molecule has 0 fully saturated rings. The van der Waals surface area contributed by atoms with Gasteiger partial charge in [0.25, 0.3) is 0 Å². The normalized spacial score (nSPS) is 11.1. The van der Waals surface area contributed by atoms with Gasteiger partial charge in [-0.25, -0.2) is 9.97 Å². The van der Waals surface area contributed by atoms with E-state index < -0.39 is 0 Å². The van der Waals surface area contributed by atoms with Crippen LogP contribution in [0.3, 0.4) is 0 Å². The second-order valence-corrected chi connectivity index (χ2v) is 6.48. The van der Waals surface area contributed by atoms with Crippen molar-refractivity contribution in [3.8, 4) is 16.2 Å². The number of hydrogen-bond acceptors (Lipinski definition) is 7. The lowest BCUT2D eigenvalue weighted by Crippen LogP contribution is -1.94. The number of thiophene rings is 1. The Kier molecular flexibility index (Phi) is 4.53. The number of rotatable bonds is 5. The molecule has 3 heterocycles. The number of ether oxygens (including phenoxy) is 1. The van der Waals surface area contributed by atoms with Crippen LogP contribution >= 0.6 is 11.3 Å². The van der Waals surface area contributed by atoms with E-state index in [4.69, 9.17) is 4.74 Å². The maximum atomic E-state index is 5.21. The fourth-order valence-electron chi connectivity index (χ4n) is 2.45. The molecule has 4 aromatic rings. The molecule has 0 aliphatic heterocycles. The van der Waals surface area contributed by atoms with E-state index in [1.165, 1.54) is 6.33 Å². The third-order valence-corrected chi connectivity index (χ3v) is 4.93. The molecule has 0 unspecified atom stereocenters. The van der Waals surface area contributed by atoms with Gasteiger partial charge in [0.1, 0.15) is 12.1 Å². The largest absolute Gasteiger partial charge is 0.497 e. The summed E-state index contributed by atoms with van der Waals surface area (Å²) < 4.78 is 6.17. The molecule has 0 saturated heterocycles. The molecular weight excluding hydrogens is 346 g/mol. The second kappa shape index (κ2) is 7.28. The summed E-state index contributed by atoms with van der Waals surface area (Å²) in [4.78, 5) is 13.8. The average Bonchev–Trinajstić information content (AvgIpc) is 3.14. The number of nitrogens with one attached hydrogen (secondary N) is 1. The molecule has 0 spiro atoms. The molecule has 0 atom stereocenters. The number of anilines is 1. The molecule has 4 rings (SSSR count). The molecule has 7 heteroatoms. The standard InChI is InChI=1S/C19H15N5OS/c1-25-15-6-4-14(5-7-15)17-9-16-18(26-17)19(22-12-21-16)24-23-11-13-3-2-8-20-10-13/h2-12H,1H3,(H,21,22,24)/b23-11+. The van der Waals surface area contributed by atoms with Crippen LogP contribution in [-0.2, 0) is 0 Å². The number of aromatic nitrogens is 3. The number of pyridine rings is 1. The predicted molar refractivity (Wildman–Crippen MR) is 105 cm³/mol. The van der Waals surface area contributed by atoms with Crippen LogP contribution in [0.2, 0.25) is 0 Å². The molecule has 1 N–H and O–H groups in total. The number of hydrazone groups is 1. The van der Waals surface area contributed by atoms with Crippen LogP contribution in [-0.4, -0.2) is 28.3 Å². The van der Waals surface area contributed by atoms with Crippen LogP contribution in [0.25, 0.3) is 20.7 Å². The molecule has 0 amide bonds. The first-order chi connectivity index (χ1) is 12.8. The monoisotopic (exact) mass is 361 g/mol. The Bertz CT molecular complexity index is 1040. The van der Waals surface area contributed by atoms with E-state index in [9.17, 15) is 0 Å². The van der Waals surface area contributed by atoms with E-state index in [1.807, 2.05) is 36.4 Å². The van der Waals surface area contributed by atoms with Gasteiger partial charge < -0.3 is 4.74 Å². The highest BCUT2D eigenvalue weighted by Crippen LogP contribution is 2.36. The number of nitrogens with zero attached hydrogens (tertiary/aromatic N) is 4. The predicted octanol–water partition coefficient (Wildman–Crippen LogP) is 4.21. The maximum Gasteiger partial charge on any atom is 0.167 e. The Morgan fingerprint density at radius 1 is 1.15 bits per heavy atom. The quantitative estimate of drug-likeness (QED) is 0.426. The molecule has 128 valence electrons. The molecule has 0 radical (unpaired) electrons. The van der Waals surface area contributed by atoms with E-state index in [0.717, 1.165) is 32.0 Å². The molecule has 0 saturated carbocycles. The molecule has 3 aromatic heterocycles. The number of fused-ring (bicyclic) bond motifs is 1. The SMILES string of the molecule is COc1ccc(-c2cc3ncnc(N/N=C/c4cccnc4)c3s2)cc1. The maximum absolute atomic E-state index is 5.21. The van der Waals surface area contributed by atoms with Gasteiger partial charge in [-0.3, -0.25) is 10.4 Å². The fraction of sp³-hybridized carbons (Fsp3) is 0.0526. The van der Waals surface area contributed by atoms with Crippen LogP contribution < -0.4 is 10.2 Å². The van der Waals surface area contributed by atoms with E-state index in [0.29, 0.717) is 5.82 Å². The van der Waals surface area contributed by atoms with Crippen molar-refractivity contribution in [1.29, 1.82) is 0 Å². The van der Waals surface area contributed by atoms with Crippen LogP contribution in [0.4, 0.5) is 5.82 Å². The van der Waals surface area contributed by atoms with Crippen LogP contribution in [0.1, 0.15) is 5.56 Å². The van der Waals surface area contributed by atoms with Gasteiger partial charge in [-0.05, 0) is 42.0 Å². The van der Waals surface area contributed by atoms with Gasteiger partial charge in [0.2, 0.25) is 0 Å². The third-order valence-electron chi connectivity index (χ3n) is 3.75. The van der Waals surface area contributed by atoms with Gasteiger partial charge in [-0.1, -0.05) is 6.07 Å². The molecule has 26 heavy (non-hydrogen) atoms. The van der Waals surface area contributed by atoms with Crippen LogP contribution in [0.15, 0.2) is 66.3 Å². The van der Waals surface area contributed by atoms with Gasteiger partial charge in [0.15, 0.2) is 5.82 Å². The van der Waals surface area contributed by atoms with Gasteiger partial charge >= 0.3 is 0 Å². The molecule has 1 aromatic carbocycles. The first-order valence-electron chi connectivity index (χ1n) is 7.91. The van der Waals surface area contributed by atoms with Crippen molar-refractivity contribution in [2.24, 2.45) is 5.10 Å². The summed E-state index contributed by atoms with van der Waals surface area (Å²) in [5.41, 5.74) is 5.91. The zero-order chi connectivity index (χ0) is 17.8. The van der Waals surface area contributed by atoms with Gasteiger partial charge in [-0.15, -0.1) is 11.3 Å². The minimum Gasteiger partial charge on any atom is -0.497 e. The number of benzene rings is 1. The Morgan fingerprint density at radius 2 is 2.04 bits per heavy atom. The van der Waals surface area contributed by atoms with Crippen molar-refractivity contribution in [2.45, 2.75) is 0 Å². The summed E-state index contributed by atoms with van der Waals surface area (Å²) in [6.07, 6.45) is 6.71. The number of methoxy groups -OCH3 is 1. The Morgan fingerprint density at radius 3 is 2.81 bits per heavy atom. The van der Waals surface area contributed by atoms with Gasteiger partial charge in [-0.2, -0.15) is 5.10 Å². The smallest absolute Gasteiger partial charge is 0.167 e. The molecule has 0 aliphatic carbocycles.